The summed E-state index contributed by atoms with van der Waals surface area (Å²) in [4.78, 5) is 35.2. The lowest BCUT2D eigenvalue weighted by Crippen LogP contribution is -2.66. The highest BCUT2D eigenvalue weighted by atomic mass is 16.5. The van der Waals surface area contributed by atoms with Crippen molar-refractivity contribution < 1.29 is 19.1 Å². The minimum atomic E-state index is -0.677. The topological polar surface area (TPSA) is 96.6 Å². The molecule has 2 N–H and O–H groups in total. The van der Waals surface area contributed by atoms with Gasteiger partial charge in [0.1, 0.15) is 17.4 Å². The maximum absolute atomic E-state index is 13.6. The molecule has 2 amide bonds. The van der Waals surface area contributed by atoms with Gasteiger partial charge in [-0.05, 0) is 49.1 Å². The lowest BCUT2D eigenvalue weighted by Gasteiger charge is -2.51. The molecule has 8 heteroatoms. The van der Waals surface area contributed by atoms with Crippen molar-refractivity contribution in [1.29, 1.82) is 0 Å². The summed E-state index contributed by atoms with van der Waals surface area (Å²) >= 11 is 0. The van der Waals surface area contributed by atoms with E-state index in [0.29, 0.717) is 32.5 Å². The van der Waals surface area contributed by atoms with Crippen LogP contribution in [0.2, 0.25) is 0 Å². The van der Waals surface area contributed by atoms with Gasteiger partial charge in [0.15, 0.2) is 0 Å². The van der Waals surface area contributed by atoms with Crippen molar-refractivity contribution in [1.82, 2.24) is 20.2 Å². The van der Waals surface area contributed by atoms with Gasteiger partial charge < -0.3 is 24.7 Å². The van der Waals surface area contributed by atoms with E-state index in [2.05, 4.69) is 34.3 Å². The van der Waals surface area contributed by atoms with E-state index < -0.39 is 11.6 Å². The third-order valence-electron chi connectivity index (χ3n) is 6.67. The van der Waals surface area contributed by atoms with Gasteiger partial charge in [-0.3, -0.25) is 9.59 Å². The van der Waals surface area contributed by atoms with Crippen LogP contribution in [0, 0.1) is 6.92 Å². The van der Waals surface area contributed by atoms with Crippen LogP contribution in [0.1, 0.15) is 35.7 Å². The van der Waals surface area contributed by atoms with E-state index in [0.717, 1.165) is 28.1 Å². The molecule has 1 aromatic heterocycles. The molecule has 1 aliphatic heterocycles. The molecule has 2 aromatic carbocycles. The Bertz CT molecular complexity index is 1150. The fourth-order valence-corrected chi connectivity index (χ4v) is 4.78. The van der Waals surface area contributed by atoms with Gasteiger partial charge in [-0.25, -0.2) is 4.98 Å². The lowest BCUT2D eigenvalue weighted by molar-refractivity contribution is -0.173. The molecule has 1 saturated heterocycles. The molecule has 3 aromatic rings. The summed E-state index contributed by atoms with van der Waals surface area (Å²) in [5.41, 5.74) is 3.54. The second-order valence-electron chi connectivity index (χ2n) is 9.19. The highest BCUT2D eigenvalue weighted by Crippen LogP contribution is 2.38. The van der Waals surface area contributed by atoms with Gasteiger partial charge in [0.2, 0.25) is 11.8 Å². The zero-order valence-electron chi connectivity index (χ0n) is 21.1. The fourth-order valence-electron chi connectivity index (χ4n) is 4.78. The summed E-state index contributed by atoms with van der Waals surface area (Å²) in [6, 6.07) is 15.0. The number of amides is 2. The standard InChI is InChI=1S/C28H34N4O4/c1-4-36-28(24-8-6-5-7-20(24)2)17-32(18-28)27(34)25(15-21-9-12-23(35-3)13-10-21)31-26(33)14-11-22-16-29-19-30-22/h5-10,12-13,16,19,25H,4,11,14-15,17-18H2,1-3H3,(H,29,30)(H,31,33)/t25-/m0/s1. The highest BCUT2D eigenvalue weighted by molar-refractivity contribution is 5.88. The van der Waals surface area contributed by atoms with E-state index in [4.69, 9.17) is 9.47 Å². The molecule has 8 nitrogen and oxygen atoms in total. The molecule has 1 fully saturated rings. The van der Waals surface area contributed by atoms with E-state index in [9.17, 15) is 9.59 Å². The number of methoxy groups -OCH3 is 1. The number of carbonyl (C=O) groups is 2. The molecule has 2 heterocycles. The minimum absolute atomic E-state index is 0.107. The normalized spacial score (nSPS) is 15.1. The van der Waals surface area contributed by atoms with Gasteiger partial charge in [-0.2, -0.15) is 0 Å². The van der Waals surface area contributed by atoms with Crippen LogP contribution in [0.4, 0.5) is 0 Å². The van der Waals surface area contributed by atoms with Crippen LogP contribution >= 0.6 is 0 Å². The fraction of sp³-hybridized carbons (Fsp3) is 0.393. The number of rotatable bonds is 11. The summed E-state index contributed by atoms with van der Waals surface area (Å²) in [6.45, 7) is 5.49. The minimum Gasteiger partial charge on any atom is -0.497 e. The summed E-state index contributed by atoms with van der Waals surface area (Å²) in [7, 11) is 1.62. The third kappa shape index (κ3) is 5.76. The average Bonchev–Trinajstić information content (AvgIpc) is 3.39. The SMILES string of the molecule is CCOC1(c2ccccc2C)CN(C(=O)[C@H](Cc2ccc(OC)cc2)NC(=O)CCc2cnc[nH]2)C1. The van der Waals surface area contributed by atoms with Crippen LogP contribution in [0.15, 0.2) is 61.1 Å². The maximum atomic E-state index is 13.6. The first-order valence-corrected chi connectivity index (χ1v) is 12.3. The zero-order chi connectivity index (χ0) is 25.5. The predicted octanol–water partition coefficient (Wildman–Crippen LogP) is 3.16. The number of H-pyrrole nitrogens is 1. The Balaban J connectivity index is 1.48. The number of benzene rings is 2. The van der Waals surface area contributed by atoms with Gasteiger partial charge in [-0.1, -0.05) is 36.4 Å². The number of aromatic nitrogens is 2. The molecule has 1 atom stereocenters. The molecule has 4 rings (SSSR count). The first-order chi connectivity index (χ1) is 17.4. The van der Waals surface area contributed by atoms with Crippen LogP contribution in [0.25, 0.3) is 0 Å². The number of nitrogens with one attached hydrogen (secondary N) is 2. The van der Waals surface area contributed by atoms with E-state index in [1.807, 2.05) is 43.3 Å². The quantitative estimate of drug-likeness (QED) is 0.430. The Kier molecular flexibility index (Phi) is 8.05. The number of imidazole rings is 1. The van der Waals surface area contributed by atoms with E-state index in [1.165, 1.54) is 0 Å². The highest BCUT2D eigenvalue weighted by Gasteiger charge is 2.49. The summed E-state index contributed by atoms with van der Waals surface area (Å²) < 4.78 is 11.4. The van der Waals surface area contributed by atoms with E-state index in [-0.39, 0.29) is 18.2 Å². The summed E-state index contributed by atoms with van der Waals surface area (Å²) in [5.74, 6) is 0.462. The molecule has 36 heavy (non-hydrogen) atoms. The van der Waals surface area contributed by atoms with Gasteiger partial charge in [0.05, 0.1) is 26.5 Å². The second-order valence-corrected chi connectivity index (χ2v) is 9.19. The number of likely N-dealkylation sites (tertiary alicyclic amines) is 1. The number of hydrogen-bond acceptors (Lipinski definition) is 5. The molecule has 1 aliphatic rings. The van der Waals surface area contributed by atoms with Crippen molar-refractivity contribution in [3.05, 3.63) is 83.4 Å². The van der Waals surface area contributed by atoms with Crippen molar-refractivity contribution in [2.45, 2.75) is 44.8 Å². The van der Waals surface area contributed by atoms with Crippen LogP contribution in [-0.4, -0.2) is 59.5 Å². The smallest absolute Gasteiger partial charge is 0.245 e. The molecular formula is C28H34N4O4. The Morgan fingerprint density at radius 3 is 2.56 bits per heavy atom. The van der Waals surface area contributed by atoms with Crippen LogP contribution < -0.4 is 10.1 Å². The molecule has 0 radical (unpaired) electrons. The Labute approximate surface area is 212 Å². The van der Waals surface area contributed by atoms with Crippen molar-refractivity contribution in [3.8, 4) is 5.75 Å². The molecule has 0 bridgehead atoms. The Morgan fingerprint density at radius 1 is 1.17 bits per heavy atom. The molecule has 0 unspecified atom stereocenters. The number of aromatic amines is 1. The number of hydrogen-bond donors (Lipinski definition) is 2. The van der Waals surface area contributed by atoms with Crippen molar-refractivity contribution in [3.63, 3.8) is 0 Å². The number of aryl methyl sites for hydroxylation is 2. The van der Waals surface area contributed by atoms with Crippen LogP contribution in [-0.2, 0) is 32.8 Å². The molecule has 190 valence electrons. The largest absolute Gasteiger partial charge is 0.497 e. The Morgan fingerprint density at radius 2 is 1.92 bits per heavy atom. The van der Waals surface area contributed by atoms with Crippen molar-refractivity contribution in [2.24, 2.45) is 0 Å². The van der Waals surface area contributed by atoms with Crippen LogP contribution in [0.3, 0.4) is 0 Å². The Hall–Kier alpha value is -3.65. The van der Waals surface area contributed by atoms with E-state index >= 15 is 0 Å². The molecule has 0 spiro atoms. The third-order valence-corrected chi connectivity index (χ3v) is 6.67. The van der Waals surface area contributed by atoms with E-state index in [1.54, 1.807) is 24.5 Å². The summed E-state index contributed by atoms with van der Waals surface area (Å²) in [5, 5.41) is 2.98. The summed E-state index contributed by atoms with van der Waals surface area (Å²) in [6.07, 6.45) is 4.47. The first kappa shape index (κ1) is 25.4. The average molecular weight is 491 g/mol. The van der Waals surface area contributed by atoms with Crippen LogP contribution in [0.5, 0.6) is 5.75 Å². The maximum Gasteiger partial charge on any atom is 0.245 e. The van der Waals surface area contributed by atoms with Gasteiger partial charge in [-0.15, -0.1) is 0 Å². The molecule has 0 saturated carbocycles. The number of ether oxygens (including phenoxy) is 2. The number of nitrogens with zero attached hydrogens (tertiary/aromatic N) is 2. The monoisotopic (exact) mass is 490 g/mol. The predicted molar refractivity (Wildman–Crippen MR) is 137 cm³/mol. The van der Waals surface area contributed by atoms with Crippen molar-refractivity contribution in [2.75, 3.05) is 26.8 Å². The zero-order valence-corrected chi connectivity index (χ0v) is 21.1. The van der Waals surface area contributed by atoms with Gasteiger partial charge in [0, 0.05) is 31.3 Å². The number of carbonyl (C=O) groups excluding carboxylic acids is 2. The van der Waals surface area contributed by atoms with Gasteiger partial charge in [0.25, 0.3) is 0 Å². The second kappa shape index (κ2) is 11.4. The van der Waals surface area contributed by atoms with Gasteiger partial charge >= 0.3 is 0 Å². The lowest BCUT2D eigenvalue weighted by atomic mass is 9.82. The molecule has 0 aliphatic carbocycles. The first-order valence-electron chi connectivity index (χ1n) is 12.3. The molecular weight excluding hydrogens is 456 g/mol. The van der Waals surface area contributed by atoms with Crippen molar-refractivity contribution >= 4 is 11.8 Å².